The first-order valence-corrected chi connectivity index (χ1v) is 13.1. The number of aromatic nitrogens is 2. The van der Waals surface area contributed by atoms with Gasteiger partial charge in [0.05, 0.1) is 34.1 Å². The second-order valence-electron chi connectivity index (χ2n) is 9.51. The largest absolute Gasteiger partial charge is 0.493 e. The molecular weight excluding hydrogens is 570 g/mol. The predicted octanol–water partition coefficient (Wildman–Crippen LogP) is 6.10. The lowest BCUT2D eigenvalue weighted by atomic mass is 10.1. The maximum absolute atomic E-state index is 13.6. The number of furan rings is 1. The Hall–Kier alpha value is -6.37. The first-order chi connectivity index (χ1) is 21.3. The summed E-state index contributed by atoms with van der Waals surface area (Å²) in [5.74, 6) is 0.292. The van der Waals surface area contributed by atoms with Gasteiger partial charge in [-0.3, -0.25) is 25.0 Å². The summed E-state index contributed by atoms with van der Waals surface area (Å²) in [5, 5.41) is 28.7. The third-order valence-electron chi connectivity index (χ3n) is 6.70. The van der Waals surface area contributed by atoms with Crippen LogP contribution < -0.4 is 15.0 Å². The lowest BCUT2D eigenvalue weighted by Crippen LogP contribution is -2.20. The van der Waals surface area contributed by atoms with E-state index in [2.05, 4.69) is 10.1 Å². The number of nitrogens with zero attached hydrogens (tertiary/aromatic N) is 5. The highest BCUT2D eigenvalue weighted by atomic mass is 16.6. The van der Waals surface area contributed by atoms with Crippen LogP contribution in [0.5, 0.6) is 11.5 Å². The molecule has 0 aliphatic rings. The summed E-state index contributed by atoms with van der Waals surface area (Å²) in [4.78, 5) is 40.2. The summed E-state index contributed by atoms with van der Waals surface area (Å²) in [7, 11) is 1.32. The first-order valence-electron chi connectivity index (χ1n) is 13.1. The first kappa shape index (κ1) is 27.8. The molecule has 0 fully saturated rings. The Morgan fingerprint density at radius 1 is 0.955 bits per heavy atom. The van der Waals surface area contributed by atoms with Crippen LogP contribution in [0.25, 0.3) is 33.5 Å². The van der Waals surface area contributed by atoms with Crippen LogP contribution in [0.15, 0.2) is 105 Å². The number of rotatable bonds is 9. The van der Waals surface area contributed by atoms with Crippen molar-refractivity contribution in [1.29, 1.82) is 0 Å². The van der Waals surface area contributed by atoms with Gasteiger partial charge in [0, 0.05) is 29.1 Å². The van der Waals surface area contributed by atoms with Gasteiger partial charge in [0.25, 0.3) is 11.2 Å². The predicted molar refractivity (Wildman–Crippen MR) is 161 cm³/mol. The summed E-state index contributed by atoms with van der Waals surface area (Å²) < 4.78 is 18.2. The molecule has 0 amide bonds. The average Bonchev–Trinajstić information content (AvgIpc) is 3.47. The van der Waals surface area contributed by atoms with Crippen LogP contribution in [0.4, 0.5) is 11.4 Å². The number of nitro benzene ring substituents is 2. The Morgan fingerprint density at radius 2 is 1.75 bits per heavy atom. The van der Waals surface area contributed by atoms with E-state index in [1.165, 1.54) is 43.7 Å². The van der Waals surface area contributed by atoms with Crippen LogP contribution in [0, 0.1) is 20.2 Å². The molecule has 0 radical (unpaired) electrons. The van der Waals surface area contributed by atoms with Crippen LogP contribution in [-0.4, -0.2) is 32.8 Å². The van der Waals surface area contributed by atoms with Gasteiger partial charge in [-0.1, -0.05) is 42.5 Å². The second kappa shape index (κ2) is 11.5. The van der Waals surface area contributed by atoms with E-state index in [1.54, 1.807) is 42.5 Å². The van der Waals surface area contributed by atoms with Crippen LogP contribution >= 0.6 is 0 Å². The number of methoxy groups -OCH3 is 1. The van der Waals surface area contributed by atoms with E-state index in [0.29, 0.717) is 27.8 Å². The summed E-state index contributed by atoms with van der Waals surface area (Å²) in [5.41, 5.74) is 0.663. The van der Waals surface area contributed by atoms with Gasteiger partial charge in [-0.15, -0.1) is 0 Å². The molecule has 0 aliphatic carbocycles. The van der Waals surface area contributed by atoms with Gasteiger partial charge in [-0.05, 0) is 35.9 Å². The summed E-state index contributed by atoms with van der Waals surface area (Å²) in [6.07, 6.45) is 1.27. The molecule has 44 heavy (non-hydrogen) atoms. The minimum atomic E-state index is -0.647. The molecule has 0 unspecified atom stereocenters. The maximum Gasteiger partial charge on any atom is 0.315 e. The summed E-state index contributed by atoms with van der Waals surface area (Å²) in [6.45, 7) is -0.189. The number of hydrogen-bond acceptors (Lipinski definition) is 10. The topological polar surface area (TPSA) is 165 Å². The smallest absolute Gasteiger partial charge is 0.315 e. The van der Waals surface area contributed by atoms with Crippen molar-refractivity contribution in [1.82, 2.24) is 9.66 Å². The summed E-state index contributed by atoms with van der Waals surface area (Å²) >= 11 is 0. The molecule has 0 aliphatic heterocycles. The average molecular weight is 592 g/mol. The number of hydrogen-bond donors (Lipinski definition) is 0. The van der Waals surface area contributed by atoms with Gasteiger partial charge in [0.15, 0.2) is 11.5 Å². The number of benzene rings is 4. The fraction of sp³-hybridized carbons (Fsp3) is 0.0645. The molecule has 4 aromatic carbocycles. The van der Waals surface area contributed by atoms with E-state index in [0.717, 1.165) is 10.1 Å². The van der Waals surface area contributed by atoms with Gasteiger partial charge in [0.1, 0.15) is 12.2 Å². The molecule has 2 heterocycles. The lowest BCUT2D eigenvalue weighted by Gasteiger charge is -2.12. The highest BCUT2D eigenvalue weighted by Crippen LogP contribution is 2.38. The number of nitro groups is 2. The quantitative estimate of drug-likeness (QED) is 0.110. The van der Waals surface area contributed by atoms with Gasteiger partial charge in [0.2, 0.25) is 11.6 Å². The van der Waals surface area contributed by atoms with E-state index in [9.17, 15) is 25.0 Å². The van der Waals surface area contributed by atoms with Crippen molar-refractivity contribution >= 4 is 39.5 Å². The van der Waals surface area contributed by atoms with Crippen molar-refractivity contribution in [3.05, 3.63) is 133 Å². The lowest BCUT2D eigenvalue weighted by molar-refractivity contribution is -0.386. The van der Waals surface area contributed by atoms with E-state index in [4.69, 9.17) is 13.9 Å². The van der Waals surface area contributed by atoms with Crippen molar-refractivity contribution in [2.45, 2.75) is 6.61 Å². The SMILES string of the molecule is COc1cc(C=Nn2c(-c3cc4ccccc4o3)nc3ccccc3c2=O)cc([N+](=O)[O-])c1OCc1cccc([N+](=O)[O-])c1. The highest BCUT2D eigenvalue weighted by Gasteiger charge is 2.23. The highest BCUT2D eigenvalue weighted by molar-refractivity contribution is 5.86. The third-order valence-corrected chi connectivity index (χ3v) is 6.70. The fourth-order valence-corrected chi connectivity index (χ4v) is 4.64. The van der Waals surface area contributed by atoms with Crippen molar-refractivity contribution in [2.75, 3.05) is 7.11 Å². The zero-order chi connectivity index (χ0) is 30.8. The molecule has 0 saturated heterocycles. The van der Waals surface area contributed by atoms with Crippen LogP contribution in [0.3, 0.4) is 0 Å². The minimum Gasteiger partial charge on any atom is -0.493 e. The molecule has 0 spiro atoms. The summed E-state index contributed by atoms with van der Waals surface area (Å²) in [6, 6.07) is 24.3. The van der Waals surface area contributed by atoms with Crippen molar-refractivity contribution in [3.8, 4) is 23.1 Å². The zero-order valence-electron chi connectivity index (χ0n) is 22.9. The Morgan fingerprint density at radius 3 is 2.52 bits per heavy atom. The third kappa shape index (κ3) is 5.32. The number of para-hydroxylation sites is 2. The molecule has 0 bridgehead atoms. The van der Waals surface area contributed by atoms with E-state index in [1.807, 2.05) is 18.2 Å². The van der Waals surface area contributed by atoms with Crippen LogP contribution in [-0.2, 0) is 6.61 Å². The number of non-ortho nitro benzene ring substituents is 1. The normalized spacial score (nSPS) is 11.3. The van der Waals surface area contributed by atoms with Crippen molar-refractivity contribution < 1.29 is 23.7 Å². The molecule has 6 aromatic rings. The van der Waals surface area contributed by atoms with Crippen molar-refractivity contribution in [2.24, 2.45) is 5.10 Å². The Bertz CT molecular complexity index is 2140. The maximum atomic E-state index is 13.6. The van der Waals surface area contributed by atoms with Crippen molar-refractivity contribution in [3.63, 3.8) is 0 Å². The molecule has 6 rings (SSSR count). The molecule has 13 nitrogen and oxygen atoms in total. The Balaban J connectivity index is 1.41. The van der Waals surface area contributed by atoms with Crippen LogP contribution in [0.2, 0.25) is 0 Å². The molecule has 13 heteroatoms. The molecule has 218 valence electrons. The second-order valence-corrected chi connectivity index (χ2v) is 9.51. The van der Waals surface area contributed by atoms with Gasteiger partial charge in [-0.2, -0.15) is 9.78 Å². The zero-order valence-corrected chi connectivity index (χ0v) is 22.9. The molecule has 0 N–H and O–H groups in total. The van der Waals surface area contributed by atoms with Gasteiger partial charge >= 0.3 is 5.69 Å². The van der Waals surface area contributed by atoms with E-state index < -0.39 is 21.1 Å². The van der Waals surface area contributed by atoms with E-state index >= 15 is 0 Å². The minimum absolute atomic E-state index is 0.0209. The van der Waals surface area contributed by atoms with Gasteiger partial charge < -0.3 is 13.9 Å². The monoisotopic (exact) mass is 591 g/mol. The van der Waals surface area contributed by atoms with Crippen LogP contribution in [0.1, 0.15) is 11.1 Å². The Kier molecular flexibility index (Phi) is 7.25. The molecule has 0 saturated carbocycles. The standard InChI is InChI=1S/C31H21N5O8/c1-42-27-15-20(14-25(36(40)41)29(27)43-18-19-7-6-9-22(13-19)35(38)39)17-32-34-30(28-16-21-8-2-5-12-26(21)44-28)33-24-11-4-3-10-23(24)31(34)37/h2-17H,18H2,1H3. The molecule has 0 atom stereocenters. The number of ether oxygens (including phenoxy) is 2. The Labute approximate surface area is 247 Å². The molecule has 2 aromatic heterocycles. The molecular formula is C31H21N5O8. The number of fused-ring (bicyclic) bond motifs is 2. The van der Waals surface area contributed by atoms with E-state index in [-0.39, 0.29) is 35.2 Å². The fourth-order valence-electron chi connectivity index (χ4n) is 4.64. The van der Waals surface area contributed by atoms with Gasteiger partial charge in [-0.25, -0.2) is 4.98 Å².